The number of hydrogen-bond donors (Lipinski definition) is 2. The average Bonchev–Trinajstić information content (AvgIpc) is 2.64. The molecule has 0 spiro atoms. The highest BCUT2D eigenvalue weighted by Gasteiger charge is 2.13. The summed E-state index contributed by atoms with van der Waals surface area (Å²) in [6, 6.07) is 11.7. The van der Waals surface area contributed by atoms with Crippen LogP contribution in [-0.2, 0) is 9.59 Å². The Hall–Kier alpha value is -2.89. The van der Waals surface area contributed by atoms with E-state index in [2.05, 4.69) is 15.8 Å². The smallest absolute Gasteiger partial charge is 0.329 e. The second-order valence-corrected chi connectivity index (χ2v) is 6.35. The highest BCUT2D eigenvalue weighted by Crippen LogP contribution is 2.26. The van der Waals surface area contributed by atoms with E-state index in [1.54, 1.807) is 0 Å². The summed E-state index contributed by atoms with van der Waals surface area (Å²) in [6.45, 7) is 6.96. The summed E-state index contributed by atoms with van der Waals surface area (Å²) in [4.78, 5) is 23.5. The van der Waals surface area contributed by atoms with Crippen molar-refractivity contribution >= 4 is 28.8 Å². The Morgan fingerprint density at radius 2 is 1.92 bits per heavy atom. The lowest BCUT2D eigenvalue weighted by Crippen LogP contribution is -2.39. The number of nitrogens with one attached hydrogen (secondary N) is 2. The standard InChI is InChI=1S/C20H25N3O3/c1-4-11-26-18-10-9-15-7-5-6-8-16(15)17(18)13-22-23-20(25)19(24)21-12-14(2)3/h5-10,13-14H,4,11-12H2,1-3H3,(H,21,24)(H,23,25)/b22-13-. The van der Waals surface area contributed by atoms with Crippen LogP contribution >= 0.6 is 0 Å². The van der Waals surface area contributed by atoms with E-state index >= 15 is 0 Å². The molecule has 0 saturated heterocycles. The Balaban J connectivity index is 2.16. The Kier molecular flexibility index (Phi) is 7.14. The van der Waals surface area contributed by atoms with Gasteiger partial charge in [-0.15, -0.1) is 0 Å². The van der Waals surface area contributed by atoms with Crippen LogP contribution in [0.25, 0.3) is 10.8 Å². The van der Waals surface area contributed by atoms with Gasteiger partial charge in [-0.2, -0.15) is 5.10 Å². The normalized spacial score (nSPS) is 11.1. The van der Waals surface area contributed by atoms with Crippen LogP contribution < -0.4 is 15.5 Å². The summed E-state index contributed by atoms with van der Waals surface area (Å²) < 4.78 is 5.78. The molecule has 2 rings (SSSR count). The second kappa shape index (κ2) is 9.56. The van der Waals surface area contributed by atoms with Crippen LogP contribution in [0.15, 0.2) is 41.5 Å². The number of fused-ring (bicyclic) bond motifs is 1. The minimum absolute atomic E-state index is 0.268. The molecule has 6 heteroatoms. The van der Waals surface area contributed by atoms with Crippen molar-refractivity contribution in [3.05, 3.63) is 42.0 Å². The SMILES string of the molecule is CCCOc1ccc2ccccc2c1/C=N\NC(=O)C(=O)NCC(C)C. The third kappa shape index (κ3) is 5.31. The molecule has 2 aromatic rings. The summed E-state index contributed by atoms with van der Waals surface area (Å²) in [7, 11) is 0. The molecular weight excluding hydrogens is 330 g/mol. The summed E-state index contributed by atoms with van der Waals surface area (Å²) in [5.74, 6) is -0.536. The first-order chi connectivity index (χ1) is 12.5. The molecule has 0 aliphatic carbocycles. The minimum atomic E-state index is -0.793. The molecule has 0 saturated carbocycles. The maximum atomic E-state index is 11.8. The van der Waals surface area contributed by atoms with Gasteiger partial charge >= 0.3 is 11.8 Å². The van der Waals surface area contributed by atoms with Crippen molar-refractivity contribution in [3.8, 4) is 5.75 Å². The van der Waals surface area contributed by atoms with Gasteiger partial charge in [0.1, 0.15) is 5.75 Å². The van der Waals surface area contributed by atoms with Crippen molar-refractivity contribution in [1.29, 1.82) is 0 Å². The molecule has 26 heavy (non-hydrogen) atoms. The highest BCUT2D eigenvalue weighted by molar-refractivity contribution is 6.35. The molecule has 0 bridgehead atoms. The third-order valence-corrected chi connectivity index (χ3v) is 3.63. The van der Waals surface area contributed by atoms with Crippen LogP contribution in [0.3, 0.4) is 0 Å². The van der Waals surface area contributed by atoms with Gasteiger partial charge < -0.3 is 10.1 Å². The monoisotopic (exact) mass is 355 g/mol. The largest absolute Gasteiger partial charge is 0.493 e. The first-order valence-electron chi connectivity index (χ1n) is 8.78. The number of nitrogens with zero attached hydrogens (tertiary/aromatic N) is 1. The maximum Gasteiger partial charge on any atom is 0.329 e. The number of ether oxygens (including phenoxy) is 1. The topological polar surface area (TPSA) is 79.8 Å². The fraction of sp³-hybridized carbons (Fsp3) is 0.350. The van der Waals surface area contributed by atoms with Crippen molar-refractivity contribution in [1.82, 2.24) is 10.7 Å². The van der Waals surface area contributed by atoms with Crippen molar-refractivity contribution in [2.24, 2.45) is 11.0 Å². The van der Waals surface area contributed by atoms with Crippen LogP contribution in [0.2, 0.25) is 0 Å². The molecule has 2 aromatic carbocycles. The average molecular weight is 355 g/mol. The summed E-state index contributed by atoms with van der Waals surface area (Å²) in [5, 5.41) is 8.50. The maximum absolute atomic E-state index is 11.8. The van der Waals surface area contributed by atoms with Gasteiger partial charge in [-0.05, 0) is 29.2 Å². The first kappa shape index (κ1) is 19.4. The van der Waals surface area contributed by atoms with E-state index < -0.39 is 11.8 Å². The van der Waals surface area contributed by atoms with E-state index in [9.17, 15) is 9.59 Å². The molecular formula is C20H25N3O3. The molecule has 0 unspecified atom stereocenters. The van der Waals surface area contributed by atoms with E-state index in [4.69, 9.17) is 4.74 Å². The van der Waals surface area contributed by atoms with Gasteiger partial charge in [0, 0.05) is 12.1 Å². The molecule has 0 fully saturated rings. The van der Waals surface area contributed by atoms with Crippen LogP contribution in [0.5, 0.6) is 5.75 Å². The molecule has 138 valence electrons. The zero-order chi connectivity index (χ0) is 18.9. The zero-order valence-electron chi connectivity index (χ0n) is 15.4. The predicted molar refractivity (Wildman–Crippen MR) is 103 cm³/mol. The number of rotatable bonds is 7. The highest BCUT2D eigenvalue weighted by atomic mass is 16.5. The minimum Gasteiger partial charge on any atom is -0.493 e. The van der Waals surface area contributed by atoms with E-state index in [0.29, 0.717) is 18.9 Å². The quantitative estimate of drug-likeness (QED) is 0.455. The Labute approximate surface area is 153 Å². The van der Waals surface area contributed by atoms with Crippen LogP contribution in [0, 0.1) is 5.92 Å². The molecule has 0 aliphatic rings. The lowest BCUT2D eigenvalue weighted by molar-refractivity contribution is -0.139. The van der Waals surface area contributed by atoms with Crippen LogP contribution in [0.4, 0.5) is 0 Å². The summed E-state index contributed by atoms with van der Waals surface area (Å²) in [6.07, 6.45) is 2.40. The molecule has 2 N–H and O–H groups in total. The molecule has 0 aliphatic heterocycles. The second-order valence-electron chi connectivity index (χ2n) is 6.35. The summed E-state index contributed by atoms with van der Waals surface area (Å²) >= 11 is 0. The molecule has 0 aromatic heterocycles. The van der Waals surface area contributed by atoms with E-state index in [-0.39, 0.29) is 5.92 Å². The Morgan fingerprint density at radius 3 is 2.65 bits per heavy atom. The number of amides is 2. The van der Waals surface area contributed by atoms with Crippen molar-refractivity contribution < 1.29 is 14.3 Å². The zero-order valence-corrected chi connectivity index (χ0v) is 15.4. The van der Waals surface area contributed by atoms with Gasteiger partial charge in [0.15, 0.2) is 0 Å². The summed E-state index contributed by atoms with van der Waals surface area (Å²) in [5.41, 5.74) is 3.03. The van der Waals surface area contributed by atoms with E-state index in [1.165, 1.54) is 6.21 Å². The molecule has 6 nitrogen and oxygen atoms in total. The van der Waals surface area contributed by atoms with Crippen molar-refractivity contribution in [3.63, 3.8) is 0 Å². The Morgan fingerprint density at radius 1 is 1.15 bits per heavy atom. The fourth-order valence-corrected chi connectivity index (χ4v) is 2.33. The van der Waals surface area contributed by atoms with Crippen molar-refractivity contribution in [2.45, 2.75) is 27.2 Å². The van der Waals surface area contributed by atoms with Crippen LogP contribution in [-0.4, -0.2) is 31.2 Å². The molecule has 2 amide bonds. The van der Waals surface area contributed by atoms with Gasteiger partial charge in [-0.3, -0.25) is 9.59 Å². The molecule has 0 radical (unpaired) electrons. The lowest BCUT2D eigenvalue weighted by atomic mass is 10.0. The molecule has 0 heterocycles. The Bertz CT molecular complexity index is 800. The van der Waals surface area contributed by atoms with Gasteiger partial charge in [0.2, 0.25) is 0 Å². The van der Waals surface area contributed by atoms with E-state index in [1.807, 2.05) is 57.2 Å². The number of carbonyl (C=O) groups excluding carboxylic acids is 2. The lowest BCUT2D eigenvalue weighted by Gasteiger charge is -2.11. The first-order valence-corrected chi connectivity index (χ1v) is 8.78. The van der Waals surface area contributed by atoms with Gasteiger partial charge in [0.05, 0.1) is 12.8 Å². The number of hydrazone groups is 1. The van der Waals surface area contributed by atoms with Crippen LogP contribution in [0.1, 0.15) is 32.8 Å². The number of hydrogen-bond acceptors (Lipinski definition) is 4. The fourth-order valence-electron chi connectivity index (χ4n) is 2.33. The third-order valence-electron chi connectivity index (χ3n) is 3.63. The molecule has 0 atom stereocenters. The van der Waals surface area contributed by atoms with Gasteiger partial charge in [-0.1, -0.05) is 51.1 Å². The van der Waals surface area contributed by atoms with Gasteiger partial charge in [-0.25, -0.2) is 5.43 Å². The number of benzene rings is 2. The number of carbonyl (C=O) groups is 2. The van der Waals surface area contributed by atoms with Gasteiger partial charge in [0.25, 0.3) is 0 Å². The van der Waals surface area contributed by atoms with Crippen molar-refractivity contribution in [2.75, 3.05) is 13.2 Å². The predicted octanol–water partition coefficient (Wildman–Crippen LogP) is 2.85. The van der Waals surface area contributed by atoms with E-state index in [0.717, 1.165) is 22.8 Å².